The molecule has 1 aliphatic heterocycles. The number of carbonyl (C=O) groups is 1. The summed E-state index contributed by atoms with van der Waals surface area (Å²) in [5, 5.41) is 0. The molecule has 1 amide bonds. The van der Waals surface area contributed by atoms with E-state index in [0.717, 1.165) is 11.3 Å². The summed E-state index contributed by atoms with van der Waals surface area (Å²) in [6.45, 7) is 5.90. The van der Waals surface area contributed by atoms with Crippen molar-refractivity contribution < 1.29 is 9.53 Å². The minimum atomic E-state index is -0.265. The molecule has 0 unspecified atom stereocenters. The maximum Gasteiger partial charge on any atom is 0.254 e. The summed E-state index contributed by atoms with van der Waals surface area (Å²) in [5.41, 5.74) is 1.45. The Morgan fingerprint density at radius 2 is 1.95 bits per heavy atom. The number of morpholine rings is 1. The van der Waals surface area contributed by atoms with Crippen LogP contribution in [-0.4, -0.2) is 40.7 Å². The van der Waals surface area contributed by atoms with Crippen molar-refractivity contribution in [3.05, 3.63) is 54.4 Å². The minimum Gasteiger partial charge on any atom is -0.377 e. The molecule has 4 nitrogen and oxygen atoms in total. The van der Waals surface area contributed by atoms with E-state index in [0.29, 0.717) is 19.8 Å². The van der Waals surface area contributed by atoms with Crippen molar-refractivity contribution in [2.45, 2.75) is 19.4 Å². The number of ether oxygens (including phenoxy) is 1. The fraction of sp³-hybridized carbons (Fsp3) is 0.353. The Morgan fingerprint density at radius 1 is 1.19 bits per heavy atom. The molecular weight excluding hydrogens is 264 g/mol. The minimum absolute atomic E-state index is 0.0670. The number of nitrogens with zero attached hydrogens (tertiary/aromatic N) is 2. The topological polar surface area (TPSA) is 34.5 Å². The Hall–Kier alpha value is -2.07. The highest BCUT2D eigenvalue weighted by Gasteiger charge is 2.34. The molecule has 0 N–H and O–H groups in total. The predicted octanol–water partition coefficient (Wildman–Crippen LogP) is 2.73. The SMILES string of the molecule is CC1(C)COCCN1C(=O)c1cccc(-n2cccc2)c1. The molecule has 2 heterocycles. The number of carbonyl (C=O) groups excluding carboxylic acids is 1. The van der Waals surface area contributed by atoms with Crippen LogP contribution in [0.2, 0.25) is 0 Å². The van der Waals surface area contributed by atoms with Gasteiger partial charge in [-0.3, -0.25) is 4.79 Å². The maximum atomic E-state index is 12.8. The second kappa shape index (κ2) is 5.37. The number of aromatic nitrogens is 1. The fourth-order valence-corrected chi connectivity index (χ4v) is 2.70. The Balaban J connectivity index is 1.90. The van der Waals surface area contributed by atoms with E-state index in [1.165, 1.54) is 0 Å². The lowest BCUT2D eigenvalue weighted by Crippen LogP contribution is -2.55. The van der Waals surface area contributed by atoms with Crippen molar-refractivity contribution >= 4 is 5.91 Å². The highest BCUT2D eigenvalue weighted by molar-refractivity contribution is 5.95. The van der Waals surface area contributed by atoms with Gasteiger partial charge in [-0.15, -0.1) is 0 Å². The Morgan fingerprint density at radius 3 is 2.67 bits per heavy atom. The van der Waals surface area contributed by atoms with E-state index in [1.807, 2.05) is 72.1 Å². The summed E-state index contributed by atoms with van der Waals surface area (Å²) < 4.78 is 7.49. The summed E-state index contributed by atoms with van der Waals surface area (Å²) >= 11 is 0. The molecular formula is C17H20N2O2. The van der Waals surface area contributed by atoms with Gasteiger partial charge in [0.2, 0.25) is 0 Å². The van der Waals surface area contributed by atoms with Crippen LogP contribution in [-0.2, 0) is 4.74 Å². The first-order chi connectivity index (χ1) is 10.1. The predicted molar refractivity (Wildman–Crippen MR) is 81.7 cm³/mol. The van der Waals surface area contributed by atoms with Gasteiger partial charge in [0, 0.05) is 30.2 Å². The first kappa shape index (κ1) is 13.9. The molecule has 110 valence electrons. The van der Waals surface area contributed by atoms with Crippen molar-refractivity contribution in [2.24, 2.45) is 0 Å². The van der Waals surface area contributed by atoms with Crippen LogP contribution in [0, 0.1) is 0 Å². The van der Waals surface area contributed by atoms with Crippen LogP contribution in [0.4, 0.5) is 0 Å². The summed E-state index contributed by atoms with van der Waals surface area (Å²) in [5.74, 6) is 0.0670. The molecule has 0 spiro atoms. The molecule has 1 aliphatic rings. The summed E-state index contributed by atoms with van der Waals surface area (Å²) in [7, 11) is 0. The summed E-state index contributed by atoms with van der Waals surface area (Å²) in [6.07, 6.45) is 3.95. The zero-order valence-corrected chi connectivity index (χ0v) is 12.5. The lowest BCUT2D eigenvalue weighted by atomic mass is 10.0. The average molecular weight is 284 g/mol. The molecule has 1 fully saturated rings. The third-order valence-corrected chi connectivity index (χ3v) is 3.89. The molecule has 0 radical (unpaired) electrons. The second-order valence-electron chi connectivity index (χ2n) is 5.96. The smallest absolute Gasteiger partial charge is 0.254 e. The maximum absolute atomic E-state index is 12.8. The third kappa shape index (κ3) is 2.72. The molecule has 0 atom stereocenters. The van der Waals surface area contributed by atoms with Gasteiger partial charge >= 0.3 is 0 Å². The molecule has 1 saturated heterocycles. The van der Waals surface area contributed by atoms with Crippen LogP contribution < -0.4 is 0 Å². The van der Waals surface area contributed by atoms with E-state index in [-0.39, 0.29) is 11.4 Å². The van der Waals surface area contributed by atoms with Crippen LogP contribution in [0.1, 0.15) is 24.2 Å². The van der Waals surface area contributed by atoms with E-state index in [1.54, 1.807) is 0 Å². The van der Waals surface area contributed by atoms with Gasteiger partial charge in [0.15, 0.2) is 0 Å². The highest BCUT2D eigenvalue weighted by atomic mass is 16.5. The van der Waals surface area contributed by atoms with Crippen LogP contribution in [0.5, 0.6) is 0 Å². The van der Waals surface area contributed by atoms with Gasteiger partial charge in [-0.25, -0.2) is 0 Å². The van der Waals surface area contributed by atoms with Gasteiger partial charge in [-0.2, -0.15) is 0 Å². The molecule has 21 heavy (non-hydrogen) atoms. The Labute approximate surface area is 124 Å². The highest BCUT2D eigenvalue weighted by Crippen LogP contribution is 2.22. The van der Waals surface area contributed by atoms with Crippen molar-refractivity contribution in [1.82, 2.24) is 9.47 Å². The number of hydrogen-bond acceptors (Lipinski definition) is 2. The van der Waals surface area contributed by atoms with Crippen molar-refractivity contribution in [1.29, 1.82) is 0 Å². The molecule has 4 heteroatoms. The Bertz CT molecular complexity index is 632. The molecule has 0 saturated carbocycles. The number of amides is 1. The van der Waals surface area contributed by atoms with Crippen LogP contribution >= 0.6 is 0 Å². The fourth-order valence-electron chi connectivity index (χ4n) is 2.70. The lowest BCUT2D eigenvalue weighted by Gasteiger charge is -2.42. The quantitative estimate of drug-likeness (QED) is 0.850. The van der Waals surface area contributed by atoms with Crippen LogP contribution in [0.25, 0.3) is 5.69 Å². The first-order valence-corrected chi connectivity index (χ1v) is 7.21. The third-order valence-electron chi connectivity index (χ3n) is 3.89. The van der Waals surface area contributed by atoms with Gasteiger partial charge in [-0.1, -0.05) is 6.07 Å². The number of rotatable bonds is 2. The average Bonchev–Trinajstić information content (AvgIpc) is 3.00. The second-order valence-corrected chi connectivity index (χ2v) is 5.96. The summed E-state index contributed by atoms with van der Waals surface area (Å²) in [4.78, 5) is 14.7. The largest absolute Gasteiger partial charge is 0.377 e. The monoisotopic (exact) mass is 284 g/mol. The number of benzene rings is 1. The Kier molecular flexibility index (Phi) is 3.55. The normalized spacial score (nSPS) is 17.7. The van der Waals surface area contributed by atoms with Crippen LogP contribution in [0.15, 0.2) is 48.8 Å². The van der Waals surface area contributed by atoms with Gasteiger partial charge in [0.05, 0.1) is 18.8 Å². The van der Waals surface area contributed by atoms with Crippen LogP contribution in [0.3, 0.4) is 0 Å². The van der Waals surface area contributed by atoms with Crippen molar-refractivity contribution in [3.8, 4) is 5.69 Å². The molecule has 1 aromatic carbocycles. The van der Waals surface area contributed by atoms with E-state index in [4.69, 9.17) is 4.74 Å². The zero-order valence-electron chi connectivity index (χ0n) is 12.5. The molecule has 3 rings (SSSR count). The van der Waals surface area contributed by atoms with Gasteiger partial charge in [-0.05, 0) is 44.2 Å². The molecule has 0 aliphatic carbocycles. The van der Waals surface area contributed by atoms with Gasteiger partial charge in [0.25, 0.3) is 5.91 Å². The standard InChI is InChI=1S/C17H20N2O2/c1-17(2)13-21-11-10-19(17)16(20)14-6-5-7-15(12-14)18-8-3-4-9-18/h3-9,12H,10-11,13H2,1-2H3. The van der Waals surface area contributed by atoms with Gasteiger partial charge < -0.3 is 14.2 Å². The van der Waals surface area contributed by atoms with Crippen molar-refractivity contribution in [3.63, 3.8) is 0 Å². The molecule has 0 bridgehead atoms. The van der Waals surface area contributed by atoms with Gasteiger partial charge in [0.1, 0.15) is 0 Å². The van der Waals surface area contributed by atoms with Crippen molar-refractivity contribution in [2.75, 3.05) is 19.8 Å². The lowest BCUT2D eigenvalue weighted by molar-refractivity contribution is -0.0370. The van der Waals surface area contributed by atoms with E-state index in [9.17, 15) is 4.79 Å². The first-order valence-electron chi connectivity index (χ1n) is 7.21. The van der Waals surface area contributed by atoms with E-state index in [2.05, 4.69) is 0 Å². The zero-order chi connectivity index (χ0) is 14.9. The molecule has 1 aromatic heterocycles. The molecule has 2 aromatic rings. The summed E-state index contributed by atoms with van der Waals surface area (Å²) in [6, 6.07) is 11.7. The number of hydrogen-bond donors (Lipinski definition) is 0. The van der Waals surface area contributed by atoms with E-state index < -0.39 is 0 Å². The van der Waals surface area contributed by atoms with E-state index >= 15 is 0 Å².